The summed E-state index contributed by atoms with van der Waals surface area (Å²) in [6.45, 7) is 10.0. The lowest BCUT2D eigenvalue weighted by Gasteiger charge is -2.22. The van der Waals surface area contributed by atoms with Crippen LogP contribution in [0.5, 0.6) is 11.5 Å². The average molecular weight is 391 g/mol. The zero-order valence-electron chi connectivity index (χ0n) is 14.8. The van der Waals surface area contributed by atoms with E-state index in [1.54, 1.807) is 0 Å². The first kappa shape index (κ1) is 18.5. The van der Waals surface area contributed by atoms with Crippen LogP contribution in [0.25, 0.3) is 0 Å². The van der Waals surface area contributed by atoms with Gasteiger partial charge in [0.2, 0.25) is 0 Å². The van der Waals surface area contributed by atoms with Crippen LogP contribution in [-0.2, 0) is 10.2 Å². The number of aryl methyl sites for hydroxylation is 2. The Labute approximate surface area is 152 Å². The number of hydrogen-bond acceptors (Lipinski definition) is 3. The van der Waals surface area contributed by atoms with Crippen LogP contribution in [0.15, 0.2) is 40.9 Å². The van der Waals surface area contributed by atoms with Crippen molar-refractivity contribution >= 4 is 21.9 Å². The Morgan fingerprint density at radius 3 is 2.25 bits per heavy atom. The van der Waals surface area contributed by atoms with Crippen molar-refractivity contribution in [2.24, 2.45) is 0 Å². The monoisotopic (exact) mass is 390 g/mol. The van der Waals surface area contributed by atoms with Crippen LogP contribution >= 0.6 is 15.9 Å². The van der Waals surface area contributed by atoms with Gasteiger partial charge in [0.05, 0.1) is 0 Å². The molecule has 0 aliphatic rings. The summed E-state index contributed by atoms with van der Waals surface area (Å²) in [6, 6.07) is 11.6. The number of para-hydroxylation sites is 1. The number of carbonyl (C=O) groups is 1. The molecular formula is C20H23BrO3. The zero-order valence-corrected chi connectivity index (χ0v) is 16.4. The molecule has 2 aromatic rings. The van der Waals surface area contributed by atoms with Gasteiger partial charge in [0, 0.05) is 4.47 Å². The van der Waals surface area contributed by atoms with Gasteiger partial charge in [0.25, 0.3) is 0 Å². The minimum atomic E-state index is -0.410. The molecule has 0 unspecified atom stereocenters. The van der Waals surface area contributed by atoms with E-state index in [0.717, 1.165) is 21.2 Å². The van der Waals surface area contributed by atoms with E-state index in [1.165, 1.54) is 0 Å². The molecular weight excluding hydrogens is 368 g/mol. The molecule has 0 fully saturated rings. The molecule has 128 valence electrons. The highest BCUT2D eigenvalue weighted by atomic mass is 79.9. The first-order chi connectivity index (χ1) is 11.2. The summed E-state index contributed by atoms with van der Waals surface area (Å²) in [5.41, 5.74) is 2.82. The third-order valence-electron chi connectivity index (χ3n) is 3.68. The number of benzene rings is 2. The lowest BCUT2D eigenvalue weighted by molar-refractivity contribution is -0.136. The third kappa shape index (κ3) is 4.60. The summed E-state index contributed by atoms with van der Waals surface area (Å²) in [5.74, 6) is 0.898. The molecule has 0 aliphatic heterocycles. The van der Waals surface area contributed by atoms with Crippen LogP contribution < -0.4 is 9.47 Å². The topological polar surface area (TPSA) is 35.5 Å². The Hall–Kier alpha value is -1.81. The van der Waals surface area contributed by atoms with E-state index < -0.39 is 5.97 Å². The summed E-state index contributed by atoms with van der Waals surface area (Å²) in [4.78, 5) is 12.2. The predicted molar refractivity (Wildman–Crippen MR) is 99.9 cm³/mol. The summed E-state index contributed by atoms with van der Waals surface area (Å²) < 4.78 is 12.2. The highest BCUT2D eigenvalue weighted by Gasteiger charge is 2.19. The number of ether oxygens (including phenoxy) is 2. The number of hydrogen-bond donors (Lipinski definition) is 0. The summed E-state index contributed by atoms with van der Waals surface area (Å²) in [7, 11) is 0. The van der Waals surface area contributed by atoms with Crippen molar-refractivity contribution in [2.75, 3.05) is 6.61 Å². The second kappa shape index (κ2) is 7.39. The Balaban J connectivity index is 2.08. The molecule has 0 amide bonds. The molecule has 0 bridgehead atoms. The van der Waals surface area contributed by atoms with Crippen molar-refractivity contribution in [2.45, 2.75) is 40.0 Å². The molecule has 0 saturated heterocycles. The van der Waals surface area contributed by atoms with Crippen molar-refractivity contribution in [1.82, 2.24) is 0 Å². The van der Waals surface area contributed by atoms with E-state index in [9.17, 15) is 4.79 Å². The predicted octanol–water partition coefficient (Wildman–Crippen LogP) is 5.35. The van der Waals surface area contributed by atoms with Crippen LogP contribution in [-0.4, -0.2) is 12.6 Å². The average Bonchev–Trinajstić information content (AvgIpc) is 2.48. The number of rotatable bonds is 4. The van der Waals surface area contributed by atoms with Gasteiger partial charge in [-0.05, 0) is 54.2 Å². The Morgan fingerprint density at radius 2 is 1.67 bits per heavy atom. The Bertz CT molecular complexity index is 722. The van der Waals surface area contributed by atoms with Crippen molar-refractivity contribution in [3.8, 4) is 11.5 Å². The molecule has 24 heavy (non-hydrogen) atoms. The van der Waals surface area contributed by atoms with Crippen molar-refractivity contribution < 1.29 is 14.3 Å². The van der Waals surface area contributed by atoms with Gasteiger partial charge in [-0.25, -0.2) is 4.79 Å². The molecule has 2 aromatic carbocycles. The van der Waals surface area contributed by atoms with Gasteiger partial charge < -0.3 is 9.47 Å². The molecule has 0 heterocycles. The molecule has 0 spiro atoms. The third-order valence-corrected chi connectivity index (χ3v) is 4.14. The molecule has 3 nitrogen and oxygen atoms in total. The second-order valence-corrected chi connectivity index (χ2v) is 7.79. The maximum Gasteiger partial charge on any atom is 0.349 e. The van der Waals surface area contributed by atoms with E-state index in [2.05, 4.69) is 36.7 Å². The van der Waals surface area contributed by atoms with Gasteiger partial charge in [0.1, 0.15) is 11.5 Å². The fourth-order valence-electron chi connectivity index (χ4n) is 2.55. The van der Waals surface area contributed by atoms with Crippen LogP contribution in [0.2, 0.25) is 0 Å². The number of carbonyl (C=O) groups excluding carboxylic acids is 1. The minimum absolute atomic E-state index is 0.0562. The van der Waals surface area contributed by atoms with Crippen molar-refractivity contribution in [1.29, 1.82) is 0 Å². The van der Waals surface area contributed by atoms with Gasteiger partial charge in [-0.3, -0.25) is 0 Å². The highest BCUT2D eigenvalue weighted by Crippen LogP contribution is 2.31. The fraction of sp³-hybridized carbons (Fsp3) is 0.350. The van der Waals surface area contributed by atoms with E-state index in [4.69, 9.17) is 9.47 Å². The summed E-state index contributed by atoms with van der Waals surface area (Å²) in [6.07, 6.45) is 0. The molecule has 0 radical (unpaired) electrons. The fourth-order valence-corrected chi connectivity index (χ4v) is 3.24. The molecule has 0 N–H and O–H groups in total. The van der Waals surface area contributed by atoms with Crippen LogP contribution in [0, 0.1) is 13.8 Å². The van der Waals surface area contributed by atoms with Crippen LogP contribution in [0.1, 0.15) is 37.5 Å². The van der Waals surface area contributed by atoms with Gasteiger partial charge in [-0.2, -0.15) is 0 Å². The number of esters is 1. The largest absolute Gasteiger partial charge is 0.482 e. The molecule has 0 aromatic heterocycles. The molecule has 0 atom stereocenters. The van der Waals surface area contributed by atoms with E-state index >= 15 is 0 Å². The normalized spacial score (nSPS) is 11.2. The Morgan fingerprint density at radius 1 is 1.08 bits per heavy atom. The zero-order chi connectivity index (χ0) is 17.9. The second-order valence-electron chi connectivity index (χ2n) is 6.88. The SMILES string of the molecule is Cc1cc(Br)cc(C)c1OC(=O)COc1ccccc1C(C)(C)C. The van der Waals surface area contributed by atoms with Gasteiger partial charge in [-0.15, -0.1) is 0 Å². The summed E-state index contributed by atoms with van der Waals surface area (Å²) >= 11 is 3.44. The lowest BCUT2D eigenvalue weighted by Crippen LogP contribution is -2.20. The number of halogens is 1. The standard InChI is InChI=1S/C20H23BrO3/c1-13-10-15(21)11-14(2)19(13)24-18(22)12-23-17-9-7-6-8-16(17)20(3,4)5/h6-11H,12H2,1-5H3. The maximum atomic E-state index is 12.2. The summed E-state index contributed by atoms with van der Waals surface area (Å²) in [5, 5.41) is 0. The van der Waals surface area contributed by atoms with Crippen LogP contribution in [0.4, 0.5) is 0 Å². The Kier molecular flexibility index (Phi) is 5.70. The van der Waals surface area contributed by atoms with Crippen molar-refractivity contribution in [3.05, 3.63) is 57.6 Å². The smallest absolute Gasteiger partial charge is 0.349 e. The van der Waals surface area contributed by atoms with Gasteiger partial charge >= 0.3 is 5.97 Å². The van der Waals surface area contributed by atoms with Gasteiger partial charge in [0.15, 0.2) is 6.61 Å². The van der Waals surface area contributed by atoms with E-state index in [1.807, 2.05) is 50.2 Å². The first-order valence-corrected chi connectivity index (χ1v) is 8.67. The van der Waals surface area contributed by atoms with E-state index in [-0.39, 0.29) is 12.0 Å². The minimum Gasteiger partial charge on any atom is -0.482 e. The lowest BCUT2D eigenvalue weighted by atomic mass is 9.86. The van der Waals surface area contributed by atoms with Crippen LogP contribution in [0.3, 0.4) is 0 Å². The van der Waals surface area contributed by atoms with Gasteiger partial charge in [-0.1, -0.05) is 54.9 Å². The highest BCUT2D eigenvalue weighted by molar-refractivity contribution is 9.10. The molecule has 0 aliphatic carbocycles. The van der Waals surface area contributed by atoms with Crippen molar-refractivity contribution in [3.63, 3.8) is 0 Å². The molecule has 2 rings (SSSR count). The first-order valence-electron chi connectivity index (χ1n) is 7.88. The quantitative estimate of drug-likeness (QED) is 0.521. The molecule has 4 heteroatoms. The maximum absolute atomic E-state index is 12.2. The molecule has 0 saturated carbocycles. The van der Waals surface area contributed by atoms with E-state index in [0.29, 0.717) is 11.5 Å².